The second kappa shape index (κ2) is 7.73. The molecule has 0 aliphatic rings. The first-order valence-corrected chi connectivity index (χ1v) is 6.89. The lowest BCUT2D eigenvalue weighted by atomic mass is 10.1. The molecule has 0 fully saturated rings. The van der Waals surface area contributed by atoms with Crippen LogP contribution >= 0.6 is 0 Å². The molecule has 2 amide bonds. The molecule has 0 aromatic carbocycles. The number of rotatable bonds is 6. The fourth-order valence-corrected chi connectivity index (χ4v) is 1.62. The number of methoxy groups -OCH3 is 1. The van der Waals surface area contributed by atoms with Crippen molar-refractivity contribution in [1.82, 2.24) is 15.6 Å². The maximum atomic E-state index is 12.0. The first-order chi connectivity index (χ1) is 9.83. The van der Waals surface area contributed by atoms with Crippen LogP contribution in [-0.2, 0) is 4.74 Å². The summed E-state index contributed by atoms with van der Waals surface area (Å²) in [6.07, 6.45) is 2.20. The number of amides is 2. The largest absolute Gasteiger partial charge is 0.385 e. The lowest BCUT2D eigenvalue weighted by molar-refractivity contribution is 0.0914. The average Bonchev–Trinajstić information content (AvgIpc) is 2.41. The van der Waals surface area contributed by atoms with E-state index in [1.807, 2.05) is 20.8 Å². The fraction of sp³-hybridized carbons (Fsp3) is 0.533. The summed E-state index contributed by atoms with van der Waals surface area (Å²) in [5.41, 5.74) is 0.299. The van der Waals surface area contributed by atoms with Gasteiger partial charge in [-0.25, -0.2) is 0 Å². The SMILES string of the molecule is COCCCNC(=O)c1ccnc(C(=O)NC(C)(C)C)c1. The van der Waals surface area contributed by atoms with E-state index in [0.717, 1.165) is 6.42 Å². The van der Waals surface area contributed by atoms with Crippen LogP contribution in [0, 0.1) is 0 Å². The third-order valence-corrected chi connectivity index (χ3v) is 2.55. The van der Waals surface area contributed by atoms with E-state index >= 15 is 0 Å². The Morgan fingerprint density at radius 3 is 2.62 bits per heavy atom. The first kappa shape index (κ1) is 17.1. The molecular formula is C15H23N3O3. The van der Waals surface area contributed by atoms with Gasteiger partial charge in [0.1, 0.15) is 5.69 Å². The molecule has 0 saturated carbocycles. The number of carbonyl (C=O) groups excluding carboxylic acids is 2. The van der Waals surface area contributed by atoms with Gasteiger partial charge >= 0.3 is 0 Å². The van der Waals surface area contributed by atoms with Crippen molar-refractivity contribution in [1.29, 1.82) is 0 Å². The highest BCUT2D eigenvalue weighted by Crippen LogP contribution is 2.05. The van der Waals surface area contributed by atoms with Gasteiger partial charge < -0.3 is 15.4 Å². The minimum atomic E-state index is -0.350. The van der Waals surface area contributed by atoms with Crippen LogP contribution in [-0.4, -0.2) is 42.6 Å². The lowest BCUT2D eigenvalue weighted by Gasteiger charge is -2.20. The van der Waals surface area contributed by atoms with E-state index in [1.54, 1.807) is 13.2 Å². The summed E-state index contributed by atoms with van der Waals surface area (Å²) in [5.74, 6) is -0.519. The van der Waals surface area contributed by atoms with E-state index in [2.05, 4.69) is 15.6 Å². The van der Waals surface area contributed by atoms with E-state index < -0.39 is 0 Å². The van der Waals surface area contributed by atoms with Crippen LogP contribution in [0.1, 0.15) is 48.0 Å². The summed E-state index contributed by atoms with van der Waals surface area (Å²) in [4.78, 5) is 28.0. The molecule has 21 heavy (non-hydrogen) atoms. The number of hydrogen-bond donors (Lipinski definition) is 2. The number of pyridine rings is 1. The molecule has 0 unspecified atom stereocenters. The van der Waals surface area contributed by atoms with Crippen LogP contribution in [0.15, 0.2) is 18.3 Å². The van der Waals surface area contributed by atoms with Crippen LogP contribution in [0.2, 0.25) is 0 Å². The minimum absolute atomic E-state index is 0.224. The van der Waals surface area contributed by atoms with Crippen LogP contribution in [0.3, 0.4) is 0 Å². The number of aromatic nitrogens is 1. The Balaban J connectivity index is 2.67. The Kier molecular flexibility index (Phi) is 6.30. The zero-order valence-electron chi connectivity index (χ0n) is 13.0. The third kappa shape index (κ3) is 6.35. The van der Waals surface area contributed by atoms with Gasteiger partial charge in [0.2, 0.25) is 0 Å². The summed E-state index contributed by atoms with van der Waals surface area (Å²) in [5, 5.41) is 5.58. The van der Waals surface area contributed by atoms with E-state index in [-0.39, 0.29) is 23.0 Å². The zero-order chi connectivity index (χ0) is 15.9. The van der Waals surface area contributed by atoms with Crippen LogP contribution in [0.4, 0.5) is 0 Å². The first-order valence-electron chi connectivity index (χ1n) is 6.89. The van der Waals surface area contributed by atoms with Crippen molar-refractivity contribution in [2.24, 2.45) is 0 Å². The smallest absolute Gasteiger partial charge is 0.270 e. The molecule has 0 saturated heterocycles. The maximum absolute atomic E-state index is 12.0. The van der Waals surface area contributed by atoms with Gasteiger partial charge in [-0.1, -0.05) is 0 Å². The van der Waals surface area contributed by atoms with Gasteiger partial charge in [0.05, 0.1) is 0 Å². The Labute approximate surface area is 125 Å². The molecule has 1 heterocycles. The molecule has 1 aromatic heterocycles. The number of ether oxygens (including phenoxy) is 1. The quantitative estimate of drug-likeness (QED) is 0.776. The molecule has 0 atom stereocenters. The predicted molar refractivity (Wildman–Crippen MR) is 80.3 cm³/mol. The summed E-state index contributed by atoms with van der Waals surface area (Å²) >= 11 is 0. The third-order valence-electron chi connectivity index (χ3n) is 2.55. The molecule has 0 aliphatic heterocycles. The number of hydrogen-bond acceptors (Lipinski definition) is 4. The number of nitrogens with one attached hydrogen (secondary N) is 2. The molecule has 1 aromatic rings. The van der Waals surface area contributed by atoms with Crippen LogP contribution < -0.4 is 10.6 Å². The normalized spacial score (nSPS) is 11.0. The van der Waals surface area contributed by atoms with E-state index in [9.17, 15) is 9.59 Å². The second-order valence-electron chi connectivity index (χ2n) is 5.74. The fourth-order valence-electron chi connectivity index (χ4n) is 1.62. The van der Waals surface area contributed by atoms with E-state index in [1.165, 1.54) is 12.3 Å². The summed E-state index contributed by atoms with van der Waals surface area (Å²) < 4.78 is 4.91. The molecule has 0 aliphatic carbocycles. The molecular weight excluding hydrogens is 270 g/mol. The van der Waals surface area contributed by atoms with Gasteiger partial charge in [0.25, 0.3) is 11.8 Å². The van der Waals surface area contributed by atoms with E-state index in [4.69, 9.17) is 4.74 Å². The summed E-state index contributed by atoms with van der Waals surface area (Å²) in [6, 6.07) is 3.08. The molecule has 0 spiro atoms. The Bertz CT molecular complexity index is 495. The van der Waals surface area contributed by atoms with Gasteiger partial charge in [0, 0.05) is 37.6 Å². The van der Waals surface area contributed by atoms with Gasteiger partial charge in [-0.2, -0.15) is 0 Å². The van der Waals surface area contributed by atoms with Crippen molar-refractivity contribution in [3.8, 4) is 0 Å². The summed E-state index contributed by atoms with van der Waals surface area (Å²) in [6.45, 7) is 6.78. The Morgan fingerprint density at radius 2 is 2.00 bits per heavy atom. The molecule has 1 rings (SSSR count). The molecule has 116 valence electrons. The Morgan fingerprint density at radius 1 is 1.29 bits per heavy atom. The predicted octanol–water partition coefficient (Wildman–Crippen LogP) is 1.38. The lowest BCUT2D eigenvalue weighted by Crippen LogP contribution is -2.41. The summed E-state index contributed by atoms with van der Waals surface area (Å²) in [7, 11) is 1.62. The minimum Gasteiger partial charge on any atom is -0.385 e. The van der Waals surface area contributed by atoms with Gasteiger partial charge in [-0.05, 0) is 39.3 Å². The highest BCUT2D eigenvalue weighted by Gasteiger charge is 2.17. The molecule has 6 nitrogen and oxygen atoms in total. The molecule has 0 radical (unpaired) electrons. The van der Waals surface area contributed by atoms with Crippen molar-refractivity contribution < 1.29 is 14.3 Å². The van der Waals surface area contributed by atoms with Crippen molar-refractivity contribution in [2.45, 2.75) is 32.7 Å². The second-order valence-corrected chi connectivity index (χ2v) is 5.74. The van der Waals surface area contributed by atoms with Gasteiger partial charge in [-0.3, -0.25) is 14.6 Å². The highest BCUT2D eigenvalue weighted by molar-refractivity contribution is 5.98. The average molecular weight is 293 g/mol. The molecule has 6 heteroatoms. The topological polar surface area (TPSA) is 80.3 Å². The number of carbonyl (C=O) groups is 2. The molecule has 2 N–H and O–H groups in total. The van der Waals surface area contributed by atoms with Gasteiger partial charge in [-0.15, -0.1) is 0 Å². The van der Waals surface area contributed by atoms with Gasteiger partial charge in [0.15, 0.2) is 0 Å². The van der Waals surface area contributed by atoms with Crippen molar-refractivity contribution in [3.05, 3.63) is 29.6 Å². The van der Waals surface area contributed by atoms with Crippen molar-refractivity contribution in [3.63, 3.8) is 0 Å². The van der Waals surface area contributed by atoms with Crippen LogP contribution in [0.5, 0.6) is 0 Å². The Hall–Kier alpha value is -1.95. The van der Waals surface area contributed by atoms with Crippen molar-refractivity contribution in [2.75, 3.05) is 20.3 Å². The standard InChI is InChI=1S/C15H23N3O3/c1-15(2,3)18-14(20)12-10-11(6-8-16-12)13(19)17-7-5-9-21-4/h6,8,10H,5,7,9H2,1-4H3,(H,17,19)(H,18,20). The monoisotopic (exact) mass is 293 g/mol. The van der Waals surface area contributed by atoms with E-state index in [0.29, 0.717) is 18.7 Å². The maximum Gasteiger partial charge on any atom is 0.270 e. The number of nitrogens with zero attached hydrogens (tertiary/aromatic N) is 1. The van der Waals surface area contributed by atoms with Crippen molar-refractivity contribution >= 4 is 11.8 Å². The zero-order valence-corrected chi connectivity index (χ0v) is 13.0. The highest BCUT2D eigenvalue weighted by atomic mass is 16.5. The molecule has 0 bridgehead atoms. The van der Waals surface area contributed by atoms with Crippen LogP contribution in [0.25, 0.3) is 0 Å².